The second-order valence-electron chi connectivity index (χ2n) is 7.97. The molecular formula is C23H28FN5O3. The first-order valence-electron chi connectivity index (χ1n) is 11.0. The number of amides is 3. The number of halogens is 1. The molecule has 32 heavy (non-hydrogen) atoms. The summed E-state index contributed by atoms with van der Waals surface area (Å²) in [5, 5.41) is 2.86. The van der Waals surface area contributed by atoms with Gasteiger partial charge in [0.15, 0.2) is 0 Å². The van der Waals surface area contributed by atoms with Crippen LogP contribution in [0.3, 0.4) is 0 Å². The summed E-state index contributed by atoms with van der Waals surface area (Å²) < 4.78 is 18.5. The average molecular weight is 442 g/mol. The van der Waals surface area contributed by atoms with Crippen LogP contribution in [0.2, 0.25) is 0 Å². The largest absolute Gasteiger partial charge is 0.450 e. The van der Waals surface area contributed by atoms with E-state index in [0.29, 0.717) is 45.0 Å². The van der Waals surface area contributed by atoms with E-state index in [2.05, 4.69) is 10.3 Å². The van der Waals surface area contributed by atoms with Crippen LogP contribution in [-0.4, -0.2) is 60.8 Å². The second-order valence-corrected chi connectivity index (χ2v) is 7.97. The lowest BCUT2D eigenvalue weighted by Crippen LogP contribution is -2.49. The Morgan fingerprint density at radius 1 is 1.16 bits per heavy atom. The molecule has 1 N–H and O–H groups in total. The zero-order valence-electron chi connectivity index (χ0n) is 18.2. The van der Waals surface area contributed by atoms with Crippen LogP contribution in [0.1, 0.15) is 26.2 Å². The molecule has 0 bridgehead atoms. The van der Waals surface area contributed by atoms with E-state index in [1.165, 1.54) is 12.3 Å². The number of pyridine rings is 1. The zero-order valence-corrected chi connectivity index (χ0v) is 18.2. The van der Waals surface area contributed by atoms with Crippen LogP contribution < -0.4 is 15.1 Å². The van der Waals surface area contributed by atoms with Gasteiger partial charge in [-0.2, -0.15) is 0 Å². The van der Waals surface area contributed by atoms with Gasteiger partial charge < -0.3 is 19.9 Å². The predicted molar refractivity (Wildman–Crippen MR) is 120 cm³/mol. The number of benzene rings is 1. The van der Waals surface area contributed by atoms with E-state index < -0.39 is 6.09 Å². The summed E-state index contributed by atoms with van der Waals surface area (Å²) >= 11 is 0. The molecule has 3 amide bonds. The highest BCUT2D eigenvalue weighted by atomic mass is 19.1. The van der Waals surface area contributed by atoms with Gasteiger partial charge in [0.2, 0.25) is 0 Å². The van der Waals surface area contributed by atoms with Crippen molar-refractivity contribution in [3.8, 4) is 0 Å². The SMILES string of the molecule is CCCCOC(=O)N[C@H]1CCN(C(=O)N2CCN(c3ccc(F)cn3)c3ccccc32)C1. The predicted octanol–water partition coefficient (Wildman–Crippen LogP) is 3.90. The molecular weight excluding hydrogens is 413 g/mol. The lowest BCUT2D eigenvalue weighted by Gasteiger charge is -2.38. The van der Waals surface area contributed by atoms with Crippen LogP contribution in [-0.2, 0) is 4.74 Å². The Bertz CT molecular complexity index is 955. The van der Waals surface area contributed by atoms with Crippen molar-refractivity contribution in [1.82, 2.24) is 15.2 Å². The van der Waals surface area contributed by atoms with Gasteiger partial charge in [-0.05, 0) is 37.1 Å². The Labute approximate surface area is 187 Å². The minimum absolute atomic E-state index is 0.0900. The summed E-state index contributed by atoms with van der Waals surface area (Å²) in [4.78, 5) is 35.0. The molecule has 2 aliphatic heterocycles. The van der Waals surface area contributed by atoms with Crippen molar-refractivity contribution in [3.63, 3.8) is 0 Å². The topological polar surface area (TPSA) is 78.0 Å². The maximum atomic E-state index is 13.3. The number of para-hydroxylation sites is 2. The van der Waals surface area contributed by atoms with Gasteiger partial charge in [0, 0.05) is 26.2 Å². The van der Waals surface area contributed by atoms with Crippen LogP contribution in [0.4, 0.5) is 31.2 Å². The molecule has 0 spiro atoms. The summed E-state index contributed by atoms with van der Waals surface area (Å²) in [5.41, 5.74) is 1.63. The van der Waals surface area contributed by atoms with Gasteiger partial charge in [-0.3, -0.25) is 4.90 Å². The highest BCUT2D eigenvalue weighted by Gasteiger charge is 2.34. The number of urea groups is 1. The second kappa shape index (κ2) is 9.84. The first-order valence-corrected chi connectivity index (χ1v) is 11.0. The number of fused-ring (bicyclic) bond motifs is 1. The fraction of sp³-hybridized carbons (Fsp3) is 0.435. The number of carbonyl (C=O) groups excluding carboxylic acids is 2. The highest BCUT2D eigenvalue weighted by Crippen LogP contribution is 2.37. The monoisotopic (exact) mass is 441 g/mol. The maximum absolute atomic E-state index is 13.3. The Morgan fingerprint density at radius 2 is 1.97 bits per heavy atom. The van der Waals surface area contributed by atoms with Crippen molar-refractivity contribution in [2.75, 3.05) is 42.6 Å². The molecule has 9 heteroatoms. The van der Waals surface area contributed by atoms with Crippen molar-refractivity contribution in [2.45, 2.75) is 32.2 Å². The van der Waals surface area contributed by atoms with Crippen LogP contribution in [0.25, 0.3) is 0 Å². The van der Waals surface area contributed by atoms with Crippen molar-refractivity contribution in [1.29, 1.82) is 0 Å². The number of alkyl carbamates (subject to hydrolysis) is 1. The number of rotatable bonds is 5. The summed E-state index contributed by atoms with van der Waals surface area (Å²) in [6.07, 6.45) is 3.26. The molecule has 1 aromatic heterocycles. The minimum atomic E-state index is -0.427. The molecule has 2 aromatic rings. The van der Waals surface area contributed by atoms with Crippen LogP contribution >= 0.6 is 0 Å². The van der Waals surface area contributed by atoms with Crippen molar-refractivity contribution >= 4 is 29.3 Å². The molecule has 2 aliphatic rings. The zero-order chi connectivity index (χ0) is 22.5. The first kappa shape index (κ1) is 21.9. The molecule has 3 heterocycles. The van der Waals surface area contributed by atoms with Crippen molar-refractivity contribution in [2.24, 2.45) is 0 Å². The Balaban J connectivity index is 1.42. The Morgan fingerprint density at radius 3 is 2.72 bits per heavy atom. The summed E-state index contributed by atoms with van der Waals surface area (Å²) in [6.45, 7) is 4.48. The third-order valence-corrected chi connectivity index (χ3v) is 5.74. The van der Waals surface area contributed by atoms with Gasteiger partial charge in [-0.25, -0.2) is 19.0 Å². The number of hydrogen-bond acceptors (Lipinski definition) is 5. The van der Waals surface area contributed by atoms with E-state index in [1.807, 2.05) is 36.1 Å². The molecule has 0 aliphatic carbocycles. The third kappa shape index (κ3) is 4.76. The van der Waals surface area contributed by atoms with E-state index in [4.69, 9.17) is 4.74 Å². The fourth-order valence-corrected chi connectivity index (χ4v) is 4.07. The van der Waals surface area contributed by atoms with Gasteiger partial charge in [0.05, 0.1) is 30.2 Å². The van der Waals surface area contributed by atoms with Gasteiger partial charge in [0.25, 0.3) is 0 Å². The number of anilines is 3. The maximum Gasteiger partial charge on any atom is 0.407 e. The molecule has 0 saturated carbocycles. The smallest absolute Gasteiger partial charge is 0.407 e. The summed E-state index contributed by atoms with van der Waals surface area (Å²) in [5.74, 6) is 0.250. The van der Waals surface area contributed by atoms with E-state index in [-0.39, 0.29) is 17.9 Å². The summed E-state index contributed by atoms with van der Waals surface area (Å²) in [7, 11) is 0. The minimum Gasteiger partial charge on any atom is -0.450 e. The lowest BCUT2D eigenvalue weighted by molar-refractivity contribution is 0.140. The lowest BCUT2D eigenvalue weighted by atomic mass is 10.1. The standard InChI is InChI=1S/C23H28FN5O3/c1-2-3-14-32-22(30)26-18-10-11-27(16-18)23(31)29-13-12-28(19-6-4-5-7-20(19)29)21-9-8-17(24)15-25-21/h4-9,15,18H,2-3,10-14,16H2,1H3,(H,26,30)/t18-/m0/s1. The third-order valence-electron chi connectivity index (χ3n) is 5.74. The van der Waals surface area contributed by atoms with E-state index in [9.17, 15) is 14.0 Å². The highest BCUT2D eigenvalue weighted by molar-refractivity contribution is 5.98. The van der Waals surface area contributed by atoms with E-state index >= 15 is 0 Å². The molecule has 170 valence electrons. The van der Waals surface area contributed by atoms with Crippen LogP contribution in [0, 0.1) is 5.82 Å². The summed E-state index contributed by atoms with van der Waals surface area (Å²) in [6, 6.07) is 10.4. The number of carbonyl (C=O) groups is 2. The number of hydrogen-bond donors (Lipinski definition) is 1. The van der Waals surface area contributed by atoms with Crippen molar-refractivity contribution < 1.29 is 18.7 Å². The number of likely N-dealkylation sites (tertiary alicyclic amines) is 1. The van der Waals surface area contributed by atoms with Gasteiger partial charge in [-0.15, -0.1) is 0 Å². The Kier molecular flexibility index (Phi) is 6.72. The van der Waals surface area contributed by atoms with Crippen LogP contribution in [0.5, 0.6) is 0 Å². The quantitative estimate of drug-likeness (QED) is 0.712. The van der Waals surface area contributed by atoms with Gasteiger partial charge in [-0.1, -0.05) is 25.5 Å². The van der Waals surface area contributed by atoms with Crippen LogP contribution in [0.15, 0.2) is 42.6 Å². The normalized spacial score (nSPS) is 17.8. The molecule has 1 saturated heterocycles. The number of unbranched alkanes of at least 4 members (excludes halogenated alkanes) is 1. The molecule has 1 aromatic carbocycles. The molecule has 1 fully saturated rings. The molecule has 8 nitrogen and oxygen atoms in total. The number of ether oxygens (including phenoxy) is 1. The fourth-order valence-electron chi connectivity index (χ4n) is 4.07. The molecule has 4 rings (SSSR count). The Hall–Kier alpha value is -3.36. The van der Waals surface area contributed by atoms with Gasteiger partial charge >= 0.3 is 12.1 Å². The molecule has 0 unspecified atom stereocenters. The number of aromatic nitrogens is 1. The van der Waals surface area contributed by atoms with E-state index in [0.717, 1.165) is 24.2 Å². The average Bonchev–Trinajstić information content (AvgIpc) is 3.27. The van der Waals surface area contributed by atoms with Gasteiger partial charge in [0.1, 0.15) is 11.6 Å². The molecule has 0 radical (unpaired) electrons. The first-order chi connectivity index (χ1) is 15.6. The van der Waals surface area contributed by atoms with Crippen molar-refractivity contribution in [3.05, 3.63) is 48.4 Å². The number of nitrogens with zero attached hydrogens (tertiary/aromatic N) is 4. The number of nitrogens with one attached hydrogen (secondary N) is 1. The van der Waals surface area contributed by atoms with E-state index in [1.54, 1.807) is 15.9 Å². The molecule has 1 atom stereocenters.